The number of rotatable bonds is 6. The lowest BCUT2D eigenvalue weighted by atomic mass is 9.92. The van der Waals surface area contributed by atoms with Gasteiger partial charge in [0.25, 0.3) is 0 Å². The number of carbonyl (C=O) groups is 1. The predicted octanol–water partition coefficient (Wildman–Crippen LogP) is 1.96. The van der Waals surface area contributed by atoms with Crippen molar-refractivity contribution >= 4 is 5.97 Å². The van der Waals surface area contributed by atoms with Crippen LogP contribution in [0.2, 0.25) is 0 Å². The molecule has 2 N–H and O–H groups in total. The highest BCUT2D eigenvalue weighted by molar-refractivity contribution is 5.66. The smallest absolute Gasteiger partial charge is 0.303 e. The van der Waals surface area contributed by atoms with Gasteiger partial charge in [-0.1, -0.05) is 6.07 Å². The van der Waals surface area contributed by atoms with Crippen LogP contribution in [-0.4, -0.2) is 28.6 Å². The van der Waals surface area contributed by atoms with Crippen LogP contribution in [0.1, 0.15) is 31.7 Å². The lowest BCUT2D eigenvalue weighted by Crippen LogP contribution is -2.25. The second-order valence-electron chi connectivity index (χ2n) is 5.08. The van der Waals surface area contributed by atoms with Crippen molar-refractivity contribution in [3.63, 3.8) is 0 Å². The maximum atomic E-state index is 10.5. The number of ether oxygens (including phenoxy) is 2. The zero-order valence-corrected chi connectivity index (χ0v) is 10.9. The van der Waals surface area contributed by atoms with E-state index in [1.165, 1.54) is 0 Å². The van der Waals surface area contributed by atoms with Gasteiger partial charge in [-0.2, -0.15) is 0 Å². The summed E-state index contributed by atoms with van der Waals surface area (Å²) >= 11 is 0. The third-order valence-electron chi connectivity index (χ3n) is 3.27. The number of hydrogen-bond donors (Lipinski definition) is 2. The van der Waals surface area contributed by atoms with E-state index in [0.29, 0.717) is 12.8 Å². The first kappa shape index (κ1) is 13.7. The molecule has 0 bridgehead atoms. The molecule has 0 amide bonds. The van der Waals surface area contributed by atoms with Crippen molar-refractivity contribution in [2.45, 2.75) is 38.2 Å². The molecule has 0 spiro atoms. The Balaban J connectivity index is 1.89. The number of hydrogen-bond acceptors (Lipinski definition) is 4. The molecule has 5 heteroatoms. The van der Waals surface area contributed by atoms with E-state index in [4.69, 9.17) is 14.6 Å². The van der Waals surface area contributed by atoms with Crippen LogP contribution < -0.4 is 9.47 Å². The van der Waals surface area contributed by atoms with Crippen molar-refractivity contribution in [3.05, 3.63) is 23.8 Å². The summed E-state index contributed by atoms with van der Waals surface area (Å²) in [5.41, 5.74) is 0.0780. The molecule has 19 heavy (non-hydrogen) atoms. The second kappa shape index (κ2) is 5.48. The molecular weight excluding hydrogens is 248 g/mol. The van der Waals surface area contributed by atoms with E-state index in [0.717, 1.165) is 17.1 Å². The summed E-state index contributed by atoms with van der Waals surface area (Å²) in [4.78, 5) is 10.5. The van der Waals surface area contributed by atoms with Crippen LogP contribution in [-0.2, 0) is 11.2 Å². The minimum atomic E-state index is -0.964. The summed E-state index contributed by atoms with van der Waals surface area (Å²) in [6.07, 6.45) is 1.42. The maximum absolute atomic E-state index is 10.5. The molecule has 1 heterocycles. The Bertz CT molecular complexity index is 467. The van der Waals surface area contributed by atoms with Crippen molar-refractivity contribution in [2.24, 2.45) is 0 Å². The first-order chi connectivity index (χ1) is 8.96. The topological polar surface area (TPSA) is 76.0 Å². The molecule has 1 aromatic rings. The largest absolute Gasteiger partial charge is 0.481 e. The molecule has 0 radical (unpaired) electrons. The summed E-state index contributed by atoms with van der Waals surface area (Å²) in [5, 5.41) is 18.7. The van der Waals surface area contributed by atoms with Crippen LogP contribution in [0.15, 0.2) is 18.2 Å². The highest BCUT2D eigenvalue weighted by Gasteiger charge is 2.22. The summed E-state index contributed by atoms with van der Waals surface area (Å²) < 4.78 is 10.5. The number of fused-ring (bicyclic) bond motifs is 1. The van der Waals surface area contributed by atoms with Gasteiger partial charge in [-0.25, -0.2) is 0 Å². The summed E-state index contributed by atoms with van der Waals surface area (Å²) in [7, 11) is 0. The van der Waals surface area contributed by atoms with E-state index in [2.05, 4.69) is 0 Å². The molecule has 1 aliphatic heterocycles. The van der Waals surface area contributed by atoms with Gasteiger partial charge < -0.3 is 19.7 Å². The molecule has 0 fully saturated rings. The van der Waals surface area contributed by atoms with Crippen molar-refractivity contribution in [1.82, 2.24) is 0 Å². The average Bonchev–Trinajstić information content (AvgIpc) is 2.81. The van der Waals surface area contributed by atoms with Gasteiger partial charge in [-0.05, 0) is 43.9 Å². The molecule has 0 aromatic heterocycles. The third kappa shape index (κ3) is 3.86. The van der Waals surface area contributed by atoms with Gasteiger partial charge in [-0.3, -0.25) is 4.79 Å². The Morgan fingerprint density at radius 3 is 2.79 bits per heavy atom. The summed E-state index contributed by atoms with van der Waals surface area (Å²) in [6.45, 7) is 1.91. The minimum Gasteiger partial charge on any atom is -0.481 e. The number of aliphatic carboxylic acids is 1. The number of aryl methyl sites for hydroxylation is 1. The fourth-order valence-corrected chi connectivity index (χ4v) is 2.01. The highest BCUT2D eigenvalue weighted by atomic mass is 16.7. The minimum absolute atomic E-state index is 0.0197. The first-order valence-electron chi connectivity index (χ1n) is 6.29. The Labute approximate surface area is 111 Å². The van der Waals surface area contributed by atoms with E-state index in [9.17, 15) is 9.90 Å². The van der Waals surface area contributed by atoms with Crippen molar-refractivity contribution in [2.75, 3.05) is 6.79 Å². The van der Waals surface area contributed by atoms with Crippen molar-refractivity contribution in [3.8, 4) is 11.5 Å². The number of benzene rings is 1. The van der Waals surface area contributed by atoms with Crippen LogP contribution in [0, 0.1) is 0 Å². The Morgan fingerprint density at radius 2 is 2.05 bits per heavy atom. The van der Waals surface area contributed by atoms with E-state index in [1.807, 2.05) is 18.2 Å². The van der Waals surface area contributed by atoms with Crippen molar-refractivity contribution in [1.29, 1.82) is 0 Å². The lowest BCUT2D eigenvalue weighted by Gasteiger charge is -2.22. The zero-order chi connectivity index (χ0) is 13.9. The third-order valence-corrected chi connectivity index (χ3v) is 3.27. The van der Waals surface area contributed by atoms with Gasteiger partial charge in [0, 0.05) is 6.42 Å². The molecular formula is C14H18O5. The molecule has 2 rings (SSSR count). The van der Waals surface area contributed by atoms with Gasteiger partial charge in [0.1, 0.15) is 0 Å². The van der Waals surface area contributed by atoms with Crippen LogP contribution >= 0.6 is 0 Å². The van der Waals surface area contributed by atoms with Gasteiger partial charge in [0.2, 0.25) is 6.79 Å². The molecule has 0 saturated carbocycles. The fourth-order valence-electron chi connectivity index (χ4n) is 2.01. The standard InChI is InChI=1S/C14H18O5/c1-14(17,7-5-13(15)16)6-4-10-2-3-11-12(8-10)19-9-18-11/h2-3,8,17H,4-7,9H2,1H3,(H,15,16). The number of carboxylic acid groups (broad SMARTS) is 1. The monoisotopic (exact) mass is 266 g/mol. The number of carboxylic acids is 1. The lowest BCUT2D eigenvalue weighted by molar-refractivity contribution is -0.138. The Morgan fingerprint density at radius 1 is 1.32 bits per heavy atom. The molecule has 5 nitrogen and oxygen atoms in total. The maximum Gasteiger partial charge on any atom is 0.303 e. The van der Waals surface area contributed by atoms with Gasteiger partial charge >= 0.3 is 5.97 Å². The molecule has 0 saturated heterocycles. The van der Waals surface area contributed by atoms with E-state index < -0.39 is 11.6 Å². The van der Waals surface area contributed by atoms with Crippen LogP contribution in [0.5, 0.6) is 11.5 Å². The van der Waals surface area contributed by atoms with Gasteiger partial charge in [-0.15, -0.1) is 0 Å². The van der Waals surface area contributed by atoms with Crippen LogP contribution in [0.3, 0.4) is 0 Å². The number of aliphatic hydroxyl groups is 1. The van der Waals surface area contributed by atoms with E-state index >= 15 is 0 Å². The quantitative estimate of drug-likeness (QED) is 0.823. The van der Waals surface area contributed by atoms with Gasteiger partial charge in [0.15, 0.2) is 11.5 Å². The SMILES string of the molecule is CC(O)(CCC(=O)O)CCc1ccc2c(c1)OCO2. The summed E-state index contributed by atoms with van der Waals surface area (Å²) in [6, 6.07) is 5.68. The summed E-state index contributed by atoms with van der Waals surface area (Å²) in [5.74, 6) is 0.576. The highest BCUT2D eigenvalue weighted by Crippen LogP contribution is 2.33. The average molecular weight is 266 g/mol. The van der Waals surface area contributed by atoms with E-state index in [-0.39, 0.29) is 19.6 Å². The molecule has 104 valence electrons. The fraction of sp³-hybridized carbons (Fsp3) is 0.500. The molecule has 0 aliphatic carbocycles. The normalized spacial score (nSPS) is 16.1. The molecule has 1 unspecified atom stereocenters. The van der Waals surface area contributed by atoms with Gasteiger partial charge in [0.05, 0.1) is 5.60 Å². The first-order valence-corrected chi connectivity index (χ1v) is 6.29. The Hall–Kier alpha value is -1.75. The molecule has 1 aromatic carbocycles. The zero-order valence-electron chi connectivity index (χ0n) is 10.9. The molecule has 1 atom stereocenters. The van der Waals surface area contributed by atoms with Crippen molar-refractivity contribution < 1.29 is 24.5 Å². The molecule has 1 aliphatic rings. The predicted molar refractivity (Wildman–Crippen MR) is 68.4 cm³/mol. The van der Waals surface area contributed by atoms with Crippen LogP contribution in [0.25, 0.3) is 0 Å². The van der Waals surface area contributed by atoms with Crippen LogP contribution in [0.4, 0.5) is 0 Å². The van der Waals surface area contributed by atoms with E-state index in [1.54, 1.807) is 6.92 Å². The Kier molecular flexibility index (Phi) is 3.95. The second-order valence-corrected chi connectivity index (χ2v) is 5.08.